The quantitative estimate of drug-likeness (QED) is 0.652. The first-order valence-electron chi connectivity index (χ1n) is 9.55. The van der Waals surface area contributed by atoms with E-state index in [2.05, 4.69) is 37.7 Å². The standard InChI is InChI=1S/C24H25N3O2/c1-5-6-15-27-21(25-23(26-27)24(2,3)4)16-17-11-13-18(14-12-17)19-9-7-8-10-20(19)22(28)29/h7-14H,15-16H2,1-4H3,(H,28,29). The third-order valence-electron chi connectivity index (χ3n) is 4.61. The minimum Gasteiger partial charge on any atom is -0.478 e. The van der Waals surface area contributed by atoms with Crippen LogP contribution in [0.15, 0.2) is 48.5 Å². The summed E-state index contributed by atoms with van der Waals surface area (Å²) >= 11 is 0. The number of hydrogen-bond donors (Lipinski definition) is 1. The molecule has 0 fully saturated rings. The molecular weight excluding hydrogens is 362 g/mol. The fourth-order valence-electron chi connectivity index (χ4n) is 3.01. The van der Waals surface area contributed by atoms with Gasteiger partial charge in [0.25, 0.3) is 0 Å². The molecule has 1 heterocycles. The van der Waals surface area contributed by atoms with Crippen molar-refractivity contribution in [2.45, 2.75) is 46.1 Å². The Morgan fingerprint density at radius 1 is 1.10 bits per heavy atom. The molecule has 0 spiro atoms. The second kappa shape index (κ2) is 8.32. The number of hydrogen-bond acceptors (Lipinski definition) is 3. The molecule has 3 aromatic rings. The zero-order valence-corrected chi connectivity index (χ0v) is 17.2. The van der Waals surface area contributed by atoms with Gasteiger partial charge in [-0.3, -0.25) is 0 Å². The summed E-state index contributed by atoms with van der Waals surface area (Å²) in [6.45, 7) is 8.61. The highest BCUT2D eigenvalue weighted by atomic mass is 16.4. The van der Waals surface area contributed by atoms with E-state index in [-0.39, 0.29) is 5.41 Å². The summed E-state index contributed by atoms with van der Waals surface area (Å²) in [5, 5.41) is 14.1. The second-order valence-corrected chi connectivity index (χ2v) is 7.91. The molecule has 29 heavy (non-hydrogen) atoms. The zero-order valence-electron chi connectivity index (χ0n) is 17.2. The van der Waals surface area contributed by atoms with Gasteiger partial charge in [-0.25, -0.2) is 14.5 Å². The van der Waals surface area contributed by atoms with E-state index in [0.717, 1.165) is 22.8 Å². The Hall–Kier alpha value is -3.39. The van der Waals surface area contributed by atoms with Crippen LogP contribution in [0.5, 0.6) is 0 Å². The Balaban J connectivity index is 1.89. The highest BCUT2D eigenvalue weighted by Gasteiger charge is 2.21. The lowest BCUT2D eigenvalue weighted by molar-refractivity contribution is 0.0697. The molecular formula is C24H25N3O2. The Labute approximate surface area is 171 Å². The summed E-state index contributed by atoms with van der Waals surface area (Å²) in [5.74, 6) is 6.71. The number of carbonyl (C=O) groups is 1. The van der Waals surface area contributed by atoms with E-state index in [9.17, 15) is 9.90 Å². The molecule has 3 rings (SSSR count). The van der Waals surface area contributed by atoms with Crippen LogP contribution < -0.4 is 0 Å². The van der Waals surface area contributed by atoms with E-state index in [1.54, 1.807) is 12.1 Å². The number of carboxylic acids is 1. The van der Waals surface area contributed by atoms with Crippen LogP contribution in [-0.4, -0.2) is 25.8 Å². The lowest BCUT2D eigenvalue weighted by Crippen LogP contribution is -2.14. The van der Waals surface area contributed by atoms with Gasteiger partial charge in [0.05, 0.1) is 5.56 Å². The van der Waals surface area contributed by atoms with Crippen molar-refractivity contribution in [1.82, 2.24) is 14.8 Å². The second-order valence-electron chi connectivity index (χ2n) is 7.91. The van der Waals surface area contributed by atoms with Crippen molar-refractivity contribution in [3.63, 3.8) is 0 Å². The fraction of sp³-hybridized carbons (Fsp3) is 0.292. The van der Waals surface area contributed by atoms with E-state index in [4.69, 9.17) is 4.98 Å². The average molecular weight is 387 g/mol. The Morgan fingerprint density at radius 3 is 2.41 bits per heavy atom. The van der Waals surface area contributed by atoms with Crippen molar-refractivity contribution in [2.24, 2.45) is 0 Å². The van der Waals surface area contributed by atoms with Crippen LogP contribution >= 0.6 is 0 Å². The number of carboxylic acid groups (broad SMARTS) is 1. The summed E-state index contributed by atoms with van der Waals surface area (Å²) in [5.41, 5.74) is 2.83. The summed E-state index contributed by atoms with van der Waals surface area (Å²) < 4.78 is 1.87. The van der Waals surface area contributed by atoms with Crippen LogP contribution in [0.4, 0.5) is 0 Å². The predicted octanol–water partition coefficient (Wildman–Crippen LogP) is 4.55. The van der Waals surface area contributed by atoms with Crippen molar-refractivity contribution < 1.29 is 9.90 Å². The zero-order chi connectivity index (χ0) is 21.0. The molecule has 0 amide bonds. The third-order valence-corrected chi connectivity index (χ3v) is 4.61. The minimum atomic E-state index is -0.926. The number of benzene rings is 2. The lowest BCUT2D eigenvalue weighted by atomic mass is 9.96. The maximum Gasteiger partial charge on any atom is 0.336 e. The van der Waals surface area contributed by atoms with Gasteiger partial charge in [-0.2, -0.15) is 5.10 Å². The molecule has 0 atom stereocenters. The third kappa shape index (κ3) is 4.72. The lowest BCUT2D eigenvalue weighted by Gasteiger charge is -2.12. The molecule has 0 saturated carbocycles. The number of aromatic nitrogens is 3. The van der Waals surface area contributed by atoms with Gasteiger partial charge in [-0.05, 0) is 29.7 Å². The molecule has 148 valence electrons. The van der Waals surface area contributed by atoms with Crippen molar-refractivity contribution in [3.05, 3.63) is 71.3 Å². The minimum absolute atomic E-state index is 0.135. The number of nitrogens with zero attached hydrogens (tertiary/aromatic N) is 3. The molecule has 5 nitrogen and oxygen atoms in total. The van der Waals surface area contributed by atoms with Crippen molar-refractivity contribution in [1.29, 1.82) is 0 Å². The van der Waals surface area contributed by atoms with Gasteiger partial charge in [0.15, 0.2) is 5.82 Å². The molecule has 1 aromatic heterocycles. The highest BCUT2D eigenvalue weighted by Crippen LogP contribution is 2.25. The average Bonchev–Trinajstić information content (AvgIpc) is 3.10. The number of aromatic carboxylic acids is 1. The molecule has 0 radical (unpaired) electrons. The molecule has 0 aliphatic rings. The molecule has 2 aromatic carbocycles. The Bertz CT molecular complexity index is 1080. The van der Waals surface area contributed by atoms with E-state index >= 15 is 0 Å². The maximum atomic E-state index is 11.5. The molecule has 1 N–H and O–H groups in total. The maximum absolute atomic E-state index is 11.5. The molecule has 0 saturated heterocycles. The molecule has 5 heteroatoms. The van der Waals surface area contributed by atoms with Crippen LogP contribution in [0.2, 0.25) is 0 Å². The van der Waals surface area contributed by atoms with Crippen LogP contribution in [0.1, 0.15) is 55.3 Å². The SMILES string of the molecule is CC#CCn1nc(C(C)(C)C)nc1Cc1ccc(-c2ccccc2C(=O)O)cc1. The van der Waals surface area contributed by atoms with E-state index in [0.29, 0.717) is 24.1 Å². The summed E-state index contributed by atoms with van der Waals surface area (Å²) in [6.07, 6.45) is 0.634. The van der Waals surface area contributed by atoms with Crippen molar-refractivity contribution in [3.8, 4) is 23.0 Å². The highest BCUT2D eigenvalue weighted by molar-refractivity contribution is 5.95. The van der Waals surface area contributed by atoms with Gasteiger partial charge in [0.1, 0.15) is 12.4 Å². The van der Waals surface area contributed by atoms with Crippen molar-refractivity contribution >= 4 is 5.97 Å². The summed E-state index contributed by atoms with van der Waals surface area (Å²) in [4.78, 5) is 16.2. The van der Waals surface area contributed by atoms with E-state index in [1.165, 1.54) is 0 Å². The van der Waals surface area contributed by atoms with Gasteiger partial charge in [-0.1, -0.05) is 69.2 Å². The van der Waals surface area contributed by atoms with Crippen LogP contribution in [-0.2, 0) is 18.4 Å². The first-order valence-corrected chi connectivity index (χ1v) is 9.55. The smallest absolute Gasteiger partial charge is 0.336 e. The van der Waals surface area contributed by atoms with Crippen LogP contribution in [0, 0.1) is 11.8 Å². The van der Waals surface area contributed by atoms with Gasteiger partial charge >= 0.3 is 5.97 Å². The number of rotatable bonds is 5. The largest absolute Gasteiger partial charge is 0.478 e. The van der Waals surface area contributed by atoms with Gasteiger partial charge in [0, 0.05) is 11.8 Å². The Morgan fingerprint density at radius 2 is 1.79 bits per heavy atom. The molecule has 0 aliphatic heterocycles. The normalized spacial score (nSPS) is 11.0. The summed E-state index contributed by atoms with van der Waals surface area (Å²) in [6, 6.07) is 15.0. The Kier molecular flexibility index (Phi) is 5.84. The van der Waals surface area contributed by atoms with Crippen molar-refractivity contribution in [2.75, 3.05) is 0 Å². The summed E-state index contributed by atoms with van der Waals surface area (Å²) in [7, 11) is 0. The topological polar surface area (TPSA) is 68.0 Å². The first-order chi connectivity index (χ1) is 13.8. The molecule has 0 aliphatic carbocycles. The van der Waals surface area contributed by atoms with E-state index < -0.39 is 5.97 Å². The molecule has 0 bridgehead atoms. The van der Waals surface area contributed by atoms with Crippen LogP contribution in [0.3, 0.4) is 0 Å². The predicted molar refractivity (Wildman–Crippen MR) is 114 cm³/mol. The molecule has 0 unspecified atom stereocenters. The van der Waals surface area contributed by atoms with Gasteiger partial charge < -0.3 is 5.11 Å². The fourth-order valence-corrected chi connectivity index (χ4v) is 3.01. The van der Waals surface area contributed by atoms with Gasteiger partial charge in [0.2, 0.25) is 0 Å². The van der Waals surface area contributed by atoms with Crippen LogP contribution in [0.25, 0.3) is 11.1 Å². The van der Waals surface area contributed by atoms with E-state index in [1.807, 2.05) is 48.0 Å². The first kappa shape index (κ1) is 20.3. The monoisotopic (exact) mass is 387 g/mol. The van der Waals surface area contributed by atoms with Gasteiger partial charge in [-0.15, -0.1) is 5.92 Å².